The first-order valence-corrected chi connectivity index (χ1v) is 11.0. The van der Waals surface area contributed by atoms with Gasteiger partial charge in [0.25, 0.3) is 0 Å². The predicted molar refractivity (Wildman–Crippen MR) is 127 cm³/mol. The van der Waals surface area contributed by atoms with Crippen molar-refractivity contribution in [1.29, 1.82) is 0 Å². The summed E-state index contributed by atoms with van der Waals surface area (Å²) in [7, 11) is 0. The Kier molecular flexibility index (Phi) is 4.72. The topological polar surface area (TPSA) is 27.8 Å². The van der Waals surface area contributed by atoms with Crippen LogP contribution >= 0.6 is 11.6 Å². The average Bonchev–Trinajstić information content (AvgIpc) is 3.13. The third-order valence-electron chi connectivity index (χ3n) is 6.33. The molecule has 0 radical (unpaired) electrons. The zero-order chi connectivity index (χ0) is 20.9. The molecule has 0 aliphatic carbocycles. The molecule has 0 amide bonds. The Morgan fingerprint density at radius 1 is 0.867 bits per heavy atom. The highest BCUT2D eigenvalue weighted by atomic mass is 35.5. The van der Waals surface area contributed by atoms with Gasteiger partial charge in [-0.1, -0.05) is 93.0 Å². The lowest BCUT2D eigenvalue weighted by Crippen LogP contribution is -2.34. The van der Waals surface area contributed by atoms with E-state index >= 15 is 0 Å². The molecule has 1 aromatic heterocycles. The van der Waals surface area contributed by atoms with E-state index in [1.807, 2.05) is 12.1 Å². The van der Waals surface area contributed by atoms with Gasteiger partial charge >= 0.3 is 0 Å². The standard InChI is InChI=1S/C27H27ClN2/c1-27(2,3)18-14-12-17(13-15-18)25-26-24(20-9-5-7-11-23(20)30-26)21(16-29-25)19-8-4-6-10-22(19)28/h4-15,21,25,29-30H,16H2,1-3H3/t21-,25+/m1/s1. The van der Waals surface area contributed by atoms with E-state index in [0.29, 0.717) is 0 Å². The molecular weight excluding hydrogens is 388 g/mol. The lowest BCUT2D eigenvalue weighted by Gasteiger charge is -2.32. The minimum Gasteiger partial charge on any atom is -0.357 e. The Bertz CT molecular complexity index is 1200. The van der Waals surface area contributed by atoms with Crippen molar-refractivity contribution in [2.75, 3.05) is 6.54 Å². The molecule has 2 N–H and O–H groups in total. The maximum absolute atomic E-state index is 6.62. The second-order valence-electron chi connectivity index (χ2n) is 9.29. The van der Waals surface area contributed by atoms with Crippen LogP contribution in [0.1, 0.15) is 60.7 Å². The van der Waals surface area contributed by atoms with E-state index in [4.69, 9.17) is 11.6 Å². The molecule has 3 aromatic carbocycles. The minimum atomic E-state index is 0.139. The second kappa shape index (κ2) is 7.30. The zero-order valence-electron chi connectivity index (χ0n) is 17.7. The molecule has 5 rings (SSSR count). The number of hydrogen-bond donors (Lipinski definition) is 2. The maximum atomic E-state index is 6.62. The molecule has 2 atom stereocenters. The second-order valence-corrected chi connectivity index (χ2v) is 9.69. The van der Waals surface area contributed by atoms with E-state index < -0.39 is 0 Å². The summed E-state index contributed by atoms with van der Waals surface area (Å²) in [4.78, 5) is 3.72. The molecule has 1 aliphatic heterocycles. The van der Waals surface area contributed by atoms with Crippen molar-refractivity contribution >= 4 is 22.5 Å². The zero-order valence-corrected chi connectivity index (χ0v) is 18.4. The summed E-state index contributed by atoms with van der Waals surface area (Å²) in [5, 5.41) is 5.91. The van der Waals surface area contributed by atoms with Gasteiger partial charge in [-0.15, -0.1) is 0 Å². The van der Waals surface area contributed by atoms with Crippen molar-refractivity contribution in [2.24, 2.45) is 0 Å². The highest BCUT2D eigenvalue weighted by Gasteiger charge is 2.33. The van der Waals surface area contributed by atoms with E-state index in [2.05, 4.69) is 91.7 Å². The molecule has 0 saturated heterocycles. The number of H-pyrrole nitrogens is 1. The van der Waals surface area contributed by atoms with E-state index in [-0.39, 0.29) is 17.4 Å². The molecule has 0 saturated carbocycles. The molecule has 152 valence electrons. The van der Waals surface area contributed by atoms with Gasteiger partial charge in [-0.2, -0.15) is 0 Å². The van der Waals surface area contributed by atoms with Crippen LogP contribution in [-0.4, -0.2) is 11.5 Å². The van der Waals surface area contributed by atoms with Crippen LogP contribution in [0.4, 0.5) is 0 Å². The maximum Gasteiger partial charge on any atom is 0.0732 e. The van der Waals surface area contributed by atoms with Crippen molar-refractivity contribution in [1.82, 2.24) is 10.3 Å². The number of rotatable bonds is 2. The Labute approximate surface area is 183 Å². The first-order chi connectivity index (χ1) is 14.4. The highest BCUT2D eigenvalue weighted by Crippen LogP contribution is 2.43. The Hall–Kier alpha value is -2.55. The molecule has 4 aromatic rings. The van der Waals surface area contributed by atoms with Crippen LogP contribution in [0, 0.1) is 0 Å². The number of para-hydroxylation sites is 1. The van der Waals surface area contributed by atoms with Crippen LogP contribution in [0.3, 0.4) is 0 Å². The van der Waals surface area contributed by atoms with Crippen LogP contribution in [0.2, 0.25) is 5.02 Å². The van der Waals surface area contributed by atoms with Crippen molar-refractivity contribution < 1.29 is 0 Å². The van der Waals surface area contributed by atoms with Gasteiger partial charge < -0.3 is 10.3 Å². The van der Waals surface area contributed by atoms with Crippen LogP contribution in [-0.2, 0) is 5.41 Å². The lowest BCUT2D eigenvalue weighted by atomic mass is 9.82. The molecule has 0 bridgehead atoms. The van der Waals surface area contributed by atoms with E-state index in [1.54, 1.807) is 0 Å². The molecule has 2 heterocycles. The summed E-state index contributed by atoms with van der Waals surface area (Å²) in [6.07, 6.45) is 0. The first kappa shape index (κ1) is 19.4. The van der Waals surface area contributed by atoms with Crippen molar-refractivity contribution in [2.45, 2.75) is 38.1 Å². The van der Waals surface area contributed by atoms with E-state index in [9.17, 15) is 0 Å². The van der Waals surface area contributed by atoms with Crippen LogP contribution < -0.4 is 5.32 Å². The molecule has 3 heteroatoms. The van der Waals surface area contributed by atoms with Crippen molar-refractivity contribution in [3.63, 3.8) is 0 Å². The first-order valence-electron chi connectivity index (χ1n) is 10.6. The van der Waals surface area contributed by atoms with Gasteiger partial charge in [0.2, 0.25) is 0 Å². The fourth-order valence-corrected chi connectivity index (χ4v) is 4.98. The number of nitrogens with one attached hydrogen (secondary N) is 2. The number of aromatic amines is 1. The fraction of sp³-hybridized carbons (Fsp3) is 0.259. The molecule has 2 nitrogen and oxygen atoms in total. The summed E-state index contributed by atoms with van der Waals surface area (Å²) >= 11 is 6.62. The van der Waals surface area contributed by atoms with Crippen LogP contribution in [0.25, 0.3) is 10.9 Å². The Morgan fingerprint density at radius 2 is 1.57 bits per heavy atom. The number of fused-ring (bicyclic) bond motifs is 3. The quantitative estimate of drug-likeness (QED) is 0.365. The van der Waals surface area contributed by atoms with E-state index in [1.165, 1.54) is 38.9 Å². The van der Waals surface area contributed by atoms with Crippen molar-refractivity contribution in [3.8, 4) is 0 Å². The fourth-order valence-electron chi connectivity index (χ4n) is 4.71. The monoisotopic (exact) mass is 414 g/mol. The smallest absolute Gasteiger partial charge is 0.0732 e. The summed E-state index contributed by atoms with van der Waals surface area (Å²) in [6.45, 7) is 7.62. The van der Waals surface area contributed by atoms with Gasteiger partial charge in [-0.25, -0.2) is 0 Å². The Balaban J connectivity index is 1.65. The number of halogens is 1. The highest BCUT2D eigenvalue weighted by molar-refractivity contribution is 6.31. The molecular formula is C27H27ClN2. The number of aromatic nitrogens is 1. The minimum absolute atomic E-state index is 0.139. The van der Waals surface area contributed by atoms with Crippen molar-refractivity contribution in [3.05, 3.63) is 106 Å². The van der Waals surface area contributed by atoms with Gasteiger partial charge in [0.05, 0.1) is 6.04 Å². The third kappa shape index (κ3) is 3.25. The summed E-state index contributed by atoms with van der Waals surface area (Å²) in [5.74, 6) is 0.218. The molecule has 1 aliphatic rings. The average molecular weight is 415 g/mol. The number of benzene rings is 3. The third-order valence-corrected chi connectivity index (χ3v) is 6.67. The predicted octanol–water partition coefficient (Wildman–Crippen LogP) is 6.94. The van der Waals surface area contributed by atoms with E-state index in [0.717, 1.165) is 11.6 Å². The molecule has 30 heavy (non-hydrogen) atoms. The van der Waals surface area contributed by atoms with Gasteiger partial charge in [0.1, 0.15) is 0 Å². The van der Waals surface area contributed by atoms with Gasteiger partial charge in [0.15, 0.2) is 0 Å². The summed E-state index contributed by atoms with van der Waals surface area (Å²) in [6, 6.07) is 26.0. The van der Waals surface area contributed by atoms with Gasteiger partial charge in [0, 0.05) is 34.1 Å². The number of hydrogen-bond acceptors (Lipinski definition) is 1. The van der Waals surface area contributed by atoms with Gasteiger partial charge in [-0.05, 0) is 39.8 Å². The largest absolute Gasteiger partial charge is 0.357 e. The van der Waals surface area contributed by atoms with Crippen LogP contribution in [0.5, 0.6) is 0 Å². The van der Waals surface area contributed by atoms with Crippen LogP contribution in [0.15, 0.2) is 72.8 Å². The summed E-state index contributed by atoms with van der Waals surface area (Å²) in [5.41, 5.74) is 7.76. The summed E-state index contributed by atoms with van der Waals surface area (Å²) < 4.78 is 0. The Morgan fingerprint density at radius 3 is 2.30 bits per heavy atom. The molecule has 0 unspecified atom stereocenters. The molecule has 0 fully saturated rings. The van der Waals surface area contributed by atoms with Gasteiger partial charge in [-0.3, -0.25) is 0 Å². The SMILES string of the molecule is CC(C)(C)c1ccc([C@@H]2NC[C@H](c3ccccc3Cl)c3c2[nH]c2ccccc32)cc1. The lowest BCUT2D eigenvalue weighted by molar-refractivity contribution is 0.524. The molecule has 0 spiro atoms. The normalized spacial score (nSPS) is 19.1.